The molecule has 0 atom stereocenters. The molecule has 84 valence electrons. The third-order valence-corrected chi connectivity index (χ3v) is 2.98. The smallest absolute Gasteiger partial charge is 0.107 e. The number of benzene rings is 1. The predicted octanol–water partition coefficient (Wildman–Crippen LogP) is 4.60. The SMILES string of the molecule is CCCCc1occ(-c2ccccc2)c1C. The molecule has 0 saturated heterocycles. The third-order valence-electron chi connectivity index (χ3n) is 2.98. The minimum atomic E-state index is 1.05. The van der Waals surface area contributed by atoms with Crippen molar-refractivity contribution in [2.75, 3.05) is 0 Å². The molecule has 0 N–H and O–H groups in total. The van der Waals surface area contributed by atoms with Crippen molar-refractivity contribution in [1.82, 2.24) is 0 Å². The summed E-state index contributed by atoms with van der Waals surface area (Å²) in [6, 6.07) is 10.4. The second-order valence-electron chi connectivity index (χ2n) is 4.17. The average Bonchev–Trinajstić information content (AvgIpc) is 2.69. The Morgan fingerprint density at radius 1 is 1.12 bits per heavy atom. The topological polar surface area (TPSA) is 13.1 Å². The molecule has 1 aromatic heterocycles. The van der Waals surface area contributed by atoms with E-state index in [0.29, 0.717) is 0 Å². The molecule has 0 radical (unpaired) electrons. The minimum Gasteiger partial charge on any atom is -0.468 e. The molecule has 0 fully saturated rings. The summed E-state index contributed by atoms with van der Waals surface area (Å²) in [5, 5.41) is 0. The van der Waals surface area contributed by atoms with Crippen molar-refractivity contribution in [2.24, 2.45) is 0 Å². The van der Waals surface area contributed by atoms with Crippen LogP contribution in [0.3, 0.4) is 0 Å². The highest BCUT2D eigenvalue weighted by atomic mass is 16.3. The van der Waals surface area contributed by atoms with Gasteiger partial charge in [0.1, 0.15) is 5.76 Å². The van der Waals surface area contributed by atoms with Crippen molar-refractivity contribution in [1.29, 1.82) is 0 Å². The van der Waals surface area contributed by atoms with Crippen molar-refractivity contribution >= 4 is 0 Å². The fraction of sp³-hybridized carbons (Fsp3) is 0.333. The first-order chi connectivity index (χ1) is 7.83. The molecular weight excluding hydrogens is 196 g/mol. The Morgan fingerprint density at radius 3 is 2.56 bits per heavy atom. The van der Waals surface area contributed by atoms with Crippen molar-refractivity contribution in [2.45, 2.75) is 33.1 Å². The molecule has 0 unspecified atom stereocenters. The van der Waals surface area contributed by atoms with Crippen LogP contribution in [0.2, 0.25) is 0 Å². The first kappa shape index (κ1) is 11.0. The summed E-state index contributed by atoms with van der Waals surface area (Å²) in [4.78, 5) is 0. The van der Waals surface area contributed by atoms with Gasteiger partial charge in [0, 0.05) is 12.0 Å². The van der Waals surface area contributed by atoms with Crippen LogP contribution >= 0.6 is 0 Å². The number of hydrogen-bond donors (Lipinski definition) is 0. The molecule has 0 spiro atoms. The fourth-order valence-corrected chi connectivity index (χ4v) is 1.94. The number of aryl methyl sites for hydroxylation is 1. The average molecular weight is 214 g/mol. The van der Waals surface area contributed by atoms with Gasteiger partial charge in [-0.2, -0.15) is 0 Å². The lowest BCUT2D eigenvalue weighted by Gasteiger charge is -2.00. The van der Waals surface area contributed by atoms with Gasteiger partial charge in [0.15, 0.2) is 0 Å². The van der Waals surface area contributed by atoms with Crippen LogP contribution in [-0.2, 0) is 6.42 Å². The normalized spacial score (nSPS) is 10.6. The summed E-state index contributed by atoms with van der Waals surface area (Å²) in [5.41, 5.74) is 3.76. The van der Waals surface area contributed by atoms with Crippen LogP contribution in [0.1, 0.15) is 31.1 Å². The maximum Gasteiger partial charge on any atom is 0.107 e. The van der Waals surface area contributed by atoms with Crippen molar-refractivity contribution in [3.8, 4) is 11.1 Å². The van der Waals surface area contributed by atoms with E-state index in [0.717, 1.165) is 12.2 Å². The fourth-order valence-electron chi connectivity index (χ4n) is 1.94. The van der Waals surface area contributed by atoms with Crippen LogP contribution in [-0.4, -0.2) is 0 Å². The molecule has 0 amide bonds. The lowest BCUT2D eigenvalue weighted by atomic mass is 10.0. The number of rotatable bonds is 4. The lowest BCUT2D eigenvalue weighted by molar-refractivity contribution is 0.498. The van der Waals surface area contributed by atoms with E-state index in [4.69, 9.17) is 4.42 Å². The van der Waals surface area contributed by atoms with E-state index in [-0.39, 0.29) is 0 Å². The van der Waals surface area contributed by atoms with Gasteiger partial charge in [-0.25, -0.2) is 0 Å². The van der Waals surface area contributed by atoms with Crippen molar-refractivity contribution in [3.05, 3.63) is 47.9 Å². The van der Waals surface area contributed by atoms with Crippen LogP contribution in [0.15, 0.2) is 41.0 Å². The maximum atomic E-state index is 5.65. The molecule has 0 aliphatic rings. The van der Waals surface area contributed by atoms with Gasteiger partial charge >= 0.3 is 0 Å². The molecule has 1 heteroatoms. The van der Waals surface area contributed by atoms with Crippen LogP contribution in [0.25, 0.3) is 11.1 Å². The lowest BCUT2D eigenvalue weighted by Crippen LogP contribution is -1.85. The Kier molecular flexibility index (Phi) is 3.45. The zero-order chi connectivity index (χ0) is 11.4. The van der Waals surface area contributed by atoms with E-state index < -0.39 is 0 Å². The third kappa shape index (κ3) is 2.19. The van der Waals surface area contributed by atoms with Gasteiger partial charge in [-0.3, -0.25) is 0 Å². The maximum absolute atomic E-state index is 5.65. The van der Waals surface area contributed by atoms with E-state index in [1.807, 2.05) is 12.3 Å². The summed E-state index contributed by atoms with van der Waals surface area (Å²) in [6.07, 6.45) is 5.34. The number of furan rings is 1. The molecule has 0 aliphatic carbocycles. The van der Waals surface area contributed by atoms with Gasteiger partial charge in [-0.1, -0.05) is 43.7 Å². The predicted molar refractivity (Wildman–Crippen MR) is 67.5 cm³/mol. The molecule has 0 bridgehead atoms. The van der Waals surface area contributed by atoms with E-state index in [1.54, 1.807) is 0 Å². The second-order valence-corrected chi connectivity index (χ2v) is 4.17. The molecular formula is C15H18O. The monoisotopic (exact) mass is 214 g/mol. The van der Waals surface area contributed by atoms with Gasteiger partial charge in [-0.05, 0) is 24.5 Å². The molecule has 1 heterocycles. The van der Waals surface area contributed by atoms with E-state index in [2.05, 4.69) is 38.1 Å². The van der Waals surface area contributed by atoms with Gasteiger partial charge in [0.25, 0.3) is 0 Å². The summed E-state index contributed by atoms with van der Waals surface area (Å²) >= 11 is 0. The molecule has 1 nitrogen and oxygen atoms in total. The molecule has 0 saturated carbocycles. The van der Waals surface area contributed by atoms with Crippen LogP contribution < -0.4 is 0 Å². The highest BCUT2D eigenvalue weighted by Crippen LogP contribution is 2.28. The first-order valence-electron chi connectivity index (χ1n) is 5.95. The van der Waals surface area contributed by atoms with Crippen LogP contribution in [0.4, 0.5) is 0 Å². The Bertz CT molecular complexity index is 440. The molecule has 0 aliphatic heterocycles. The Labute approximate surface area is 97.1 Å². The standard InChI is InChI=1S/C15H18O/c1-3-4-10-15-12(2)14(11-16-15)13-8-6-5-7-9-13/h5-9,11H,3-4,10H2,1-2H3. The van der Waals surface area contributed by atoms with Crippen LogP contribution in [0, 0.1) is 6.92 Å². The second kappa shape index (κ2) is 5.02. The molecule has 16 heavy (non-hydrogen) atoms. The first-order valence-corrected chi connectivity index (χ1v) is 5.95. The van der Waals surface area contributed by atoms with Crippen molar-refractivity contribution in [3.63, 3.8) is 0 Å². The molecule has 2 aromatic rings. The number of unbranched alkanes of at least 4 members (excludes halogenated alkanes) is 1. The summed E-state index contributed by atoms with van der Waals surface area (Å²) in [5.74, 6) is 1.14. The minimum absolute atomic E-state index is 1.05. The summed E-state index contributed by atoms with van der Waals surface area (Å²) in [7, 11) is 0. The Hall–Kier alpha value is -1.50. The summed E-state index contributed by atoms with van der Waals surface area (Å²) in [6.45, 7) is 4.35. The van der Waals surface area contributed by atoms with Gasteiger partial charge in [0.2, 0.25) is 0 Å². The van der Waals surface area contributed by atoms with Gasteiger partial charge in [0.05, 0.1) is 6.26 Å². The van der Waals surface area contributed by atoms with Gasteiger partial charge in [-0.15, -0.1) is 0 Å². The largest absolute Gasteiger partial charge is 0.468 e. The molecule has 1 aromatic carbocycles. The number of hydrogen-bond acceptors (Lipinski definition) is 1. The highest BCUT2D eigenvalue weighted by Gasteiger charge is 2.09. The quantitative estimate of drug-likeness (QED) is 0.725. The van der Waals surface area contributed by atoms with E-state index in [1.165, 1.54) is 29.5 Å². The summed E-state index contributed by atoms with van der Waals surface area (Å²) < 4.78 is 5.65. The Morgan fingerprint density at radius 2 is 1.88 bits per heavy atom. The van der Waals surface area contributed by atoms with E-state index in [9.17, 15) is 0 Å². The zero-order valence-electron chi connectivity index (χ0n) is 9.99. The highest BCUT2D eigenvalue weighted by molar-refractivity contribution is 5.66. The Balaban J connectivity index is 2.27. The van der Waals surface area contributed by atoms with Gasteiger partial charge < -0.3 is 4.42 Å². The molecule has 2 rings (SSSR count). The van der Waals surface area contributed by atoms with E-state index >= 15 is 0 Å². The zero-order valence-corrected chi connectivity index (χ0v) is 9.99. The van der Waals surface area contributed by atoms with Crippen molar-refractivity contribution < 1.29 is 4.42 Å². The van der Waals surface area contributed by atoms with Crippen LogP contribution in [0.5, 0.6) is 0 Å².